The third kappa shape index (κ3) is 3.02. The zero-order chi connectivity index (χ0) is 15.6. The topological polar surface area (TPSA) is 46.3 Å². The van der Waals surface area contributed by atoms with Gasteiger partial charge in [-0.3, -0.25) is 4.79 Å². The first-order chi connectivity index (χ1) is 9.93. The molecule has 2 rings (SSSR count). The highest BCUT2D eigenvalue weighted by Crippen LogP contribution is 2.22. The van der Waals surface area contributed by atoms with Gasteiger partial charge in [0.1, 0.15) is 11.6 Å². The van der Waals surface area contributed by atoms with Gasteiger partial charge >= 0.3 is 0 Å². The van der Waals surface area contributed by atoms with Gasteiger partial charge in [-0.15, -0.1) is 0 Å². The number of aryl methyl sites for hydroxylation is 1. The van der Waals surface area contributed by atoms with Crippen molar-refractivity contribution in [2.45, 2.75) is 13.8 Å². The van der Waals surface area contributed by atoms with Crippen LogP contribution < -0.4 is 10.6 Å². The van der Waals surface area contributed by atoms with Crippen LogP contribution >= 0.6 is 0 Å². The predicted molar refractivity (Wildman–Crippen MR) is 79.3 cm³/mol. The molecule has 0 heterocycles. The number of anilines is 2. The molecule has 0 spiro atoms. The van der Waals surface area contributed by atoms with Crippen LogP contribution in [0.15, 0.2) is 36.4 Å². The normalized spacial score (nSPS) is 10.5. The van der Waals surface area contributed by atoms with Crippen LogP contribution in [0.25, 0.3) is 0 Å². The molecule has 0 aliphatic rings. The third-order valence-corrected chi connectivity index (χ3v) is 3.19. The maximum Gasteiger partial charge on any atom is 0.261 e. The Morgan fingerprint density at radius 1 is 1.19 bits per heavy atom. The van der Waals surface area contributed by atoms with Gasteiger partial charge in [-0.05, 0) is 37.6 Å². The zero-order valence-electron chi connectivity index (χ0n) is 11.9. The lowest BCUT2D eigenvalue weighted by Crippen LogP contribution is -2.31. The average molecular weight is 290 g/mol. The van der Waals surface area contributed by atoms with Crippen molar-refractivity contribution in [1.82, 2.24) is 0 Å². The number of hydrogen-bond donors (Lipinski definition) is 1. The van der Waals surface area contributed by atoms with Gasteiger partial charge in [0.15, 0.2) is 0 Å². The molecule has 2 aromatic carbocycles. The standard InChI is InChI=1S/C16H16F2N2O/c1-3-20(11-6-4-5-10(2)7-11)16(21)12-8-15(19)14(18)9-13(12)17/h4-9H,3,19H2,1-2H3. The fraction of sp³-hybridized carbons (Fsp3) is 0.188. The maximum absolute atomic E-state index is 13.8. The molecule has 2 aromatic rings. The first-order valence-electron chi connectivity index (χ1n) is 6.57. The Labute approximate surface area is 122 Å². The zero-order valence-corrected chi connectivity index (χ0v) is 11.9. The molecular weight excluding hydrogens is 274 g/mol. The Morgan fingerprint density at radius 2 is 1.90 bits per heavy atom. The molecule has 3 nitrogen and oxygen atoms in total. The molecule has 0 fully saturated rings. The van der Waals surface area contributed by atoms with Gasteiger partial charge in [0.2, 0.25) is 0 Å². The molecule has 0 atom stereocenters. The number of nitrogens with two attached hydrogens (primary N) is 1. The minimum absolute atomic E-state index is 0.239. The summed E-state index contributed by atoms with van der Waals surface area (Å²) in [5, 5.41) is 0. The fourth-order valence-corrected chi connectivity index (χ4v) is 2.11. The minimum Gasteiger partial charge on any atom is -0.396 e. The van der Waals surface area contributed by atoms with Crippen LogP contribution in [0.1, 0.15) is 22.8 Å². The van der Waals surface area contributed by atoms with Crippen molar-refractivity contribution in [2.24, 2.45) is 0 Å². The van der Waals surface area contributed by atoms with Crippen molar-refractivity contribution in [3.63, 3.8) is 0 Å². The second kappa shape index (κ2) is 5.91. The van der Waals surface area contributed by atoms with E-state index in [2.05, 4.69) is 0 Å². The van der Waals surface area contributed by atoms with Crippen LogP contribution in [0.4, 0.5) is 20.2 Å². The summed E-state index contributed by atoms with van der Waals surface area (Å²) in [6.07, 6.45) is 0. The summed E-state index contributed by atoms with van der Waals surface area (Å²) in [5.41, 5.74) is 6.57. The number of rotatable bonds is 3. The molecule has 2 N–H and O–H groups in total. The van der Waals surface area contributed by atoms with Crippen LogP contribution in [0.3, 0.4) is 0 Å². The maximum atomic E-state index is 13.8. The summed E-state index contributed by atoms with van der Waals surface area (Å²) in [6.45, 7) is 4.04. The molecular formula is C16H16F2N2O. The van der Waals surface area contributed by atoms with E-state index in [1.165, 1.54) is 4.90 Å². The number of carbonyl (C=O) groups excluding carboxylic acids is 1. The van der Waals surface area contributed by atoms with E-state index in [1.54, 1.807) is 13.0 Å². The molecule has 0 saturated heterocycles. The van der Waals surface area contributed by atoms with E-state index in [0.717, 1.165) is 11.6 Å². The largest absolute Gasteiger partial charge is 0.396 e. The molecule has 0 radical (unpaired) electrons. The van der Waals surface area contributed by atoms with Crippen molar-refractivity contribution in [2.75, 3.05) is 17.2 Å². The average Bonchev–Trinajstić information content (AvgIpc) is 2.43. The molecule has 0 aliphatic carbocycles. The second-order valence-corrected chi connectivity index (χ2v) is 4.74. The summed E-state index contributed by atoms with van der Waals surface area (Å²) >= 11 is 0. The Morgan fingerprint density at radius 3 is 2.52 bits per heavy atom. The van der Waals surface area contributed by atoms with Gasteiger partial charge in [0.05, 0.1) is 11.3 Å². The number of amides is 1. The lowest BCUT2D eigenvalue weighted by Gasteiger charge is -2.22. The molecule has 110 valence electrons. The van der Waals surface area contributed by atoms with E-state index in [-0.39, 0.29) is 11.3 Å². The fourth-order valence-electron chi connectivity index (χ4n) is 2.11. The summed E-state index contributed by atoms with van der Waals surface area (Å²) in [4.78, 5) is 13.9. The highest BCUT2D eigenvalue weighted by atomic mass is 19.1. The molecule has 0 saturated carbocycles. The second-order valence-electron chi connectivity index (χ2n) is 4.74. The summed E-state index contributed by atoms with van der Waals surface area (Å²) in [6, 6.07) is 8.97. The van der Waals surface area contributed by atoms with Crippen molar-refractivity contribution >= 4 is 17.3 Å². The summed E-state index contributed by atoms with van der Waals surface area (Å²) < 4.78 is 27.0. The smallest absolute Gasteiger partial charge is 0.261 e. The van der Waals surface area contributed by atoms with Crippen LogP contribution in [0.5, 0.6) is 0 Å². The first kappa shape index (κ1) is 15.0. The van der Waals surface area contributed by atoms with Gasteiger partial charge in [-0.25, -0.2) is 8.78 Å². The molecule has 0 aromatic heterocycles. The highest BCUT2D eigenvalue weighted by molar-refractivity contribution is 6.06. The van der Waals surface area contributed by atoms with Crippen molar-refractivity contribution in [3.8, 4) is 0 Å². The monoisotopic (exact) mass is 290 g/mol. The summed E-state index contributed by atoms with van der Waals surface area (Å²) in [5.74, 6) is -2.34. The van der Waals surface area contributed by atoms with Gasteiger partial charge < -0.3 is 10.6 Å². The number of benzene rings is 2. The van der Waals surface area contributed by atoms with E-state index in [9.17, 15) is 13.6 Å². The van der Waals surface area contributed by atoms with Crippen LogP contribution in [-0.4, -0.2) is 12.5 Å². The Bertz CT molecular complexity index is 686. The number of carbonyl (C=O) groups is 1. The third-order valence-electron chi connectivity index (χ3n) is 3.19. The lowest BCUT2D eigenvalue weighted by atomic mass is 10.1. The molecule has 0 aliphatic heterocycles. The molecule has 5 heteroatoms. The molecule has 21 heavy (non-hydrogen) atoms. The number of nitrogen functional groups attached to an aromatic ring is 1. The van der Waals surface area contributed by atoms with E-state index < -0.39 is 17.5 Å². The number of hydrogen-bond acceptors (Lipinski definition) is 2. The number of halogens is 2. The Hall–Kier alpha value is -2.43. The van der Waals surface area contributed by atoms with Gasteiger partial charge in [0.25, 0.3) is 5.91 Å². The molecule has 1 amide bonds. The number of nitrogens with zero attached hydrogens (tertiary/aromatic N) is 1. The van der Waals surface area contributed by atoms with Gasteiger partial charge in [-0.2, -0.15) is 0 Å². The van der Waals surface area contributed by atoms with E-state index in [1.807, 2.05) is 25.1 Å². The minimum atomic E-state index is -0.919. The van der Waals surface area contributed by atoms with Crippen LogP contribution in [0, 0.1) is 18.6 Å². The van der Waals surface area contributed by atoms with E-state index in [4.69, 9.17) is 5.73 Å². The Kier molecular flexibility index (Phi) is 4.21. The first-order valence-corrected chi connectivity index (χ1v) is 6.57. The van der Waals surface area contributed by atoms with E-state index >= 15 is 0 Å². The van der Waals surface area contributed by atoms with Gasteiger partial charge in [-0.1, -0.05) is 12.1 Å². The van der Waals surface area contributed by atoms with Crippen molar-refractivity contribution < 1.29 is 13.6 Å². The molecule has 0 bridgehead atoms. The lowest BCUT2D eigenvalue weighted by molar-refractivity contribution is 0.0984. The van der Waals surface area contributed by atoms with Crippen molar-refractivity contribution in [1.29, 1.82) is 0 Å². The van der Waals surface area contributed by atoms with Crippen LogP contribution in [-0.2, 0) is 0 Å². The van der Waals surface area contributed by atoms with E-state index in [0.29, 0.717) is 18.3 Å². The SMILES string of the molecule is CCN(C(=O)c1cc(N)c(F)cc1F)c1cccc(C)c1. The quantitative estimate of drug-likeness (QED) is 0.879. The summed E-state index contributed by atoms with van der Waals surface area (Å²) in [7, 11) is 0. The molecule has 0 unspecified atom stereocenters. The van der Waals surface area contributed by atoms with Crippen molar-refractivity contribution in [3.05, 3.63) is 59.2 Å². The van der Waals surface area contributed by atoms with Crippen LogP contribution in [0.2, 0.25) is 0 Å². The highest BCUT2D eigenvalue weighted by Gasteiger charge is 2.21. The predicted octanol–water partition coefficient (Wildman–Crippen LogP) is 3.52. The Balaban J connectivity index is 2.44. The van der Waals surface area contributed by atoms with Gasteiger partial charge in [0, 0.05) is 18.3 Å².